The smallest absolute Gasteiger partial charge is 0.176 e. The normalized spacial score (nSPS) is 10.8. The summed E-state index contributed by atoms with van der Waals surface area (Å²) in [6.07, 6.45) is 0. The van der Waals surface area contributed by atoms with Crippen molar-refractivity contribution in [3.8, 4) is 0 Å². The first kappa shape index (κ1) is 9.46. The highest BCUT2D eigenvalue weighted by Gasteiger charge is 2.10. The minimum Gasteiger partial charge on any atom is -0.352 e. The van der Waals surface area contributed by atoms with Crippen LogP contribution in [0.15, 0.2) is 22.7 Å². The van der Waals surface area contributed by atoms with E-state index >= 15 is 0 Å². The van der Waals surface area contributed by atoms with Gasteiger partial charge in [-0.1, -0.05) is 22.0 Å². The minimum atomic E-state index is 0.0785. The molecule has 0 fully saturated rings. The number of halogens is 1. The first-order valence-corrected chi connectivity index (χ1v) is 5.17. The van der Waals surface area contributed by atoms with Crippen LogP contribution in [0.5, 0.6) is 0 Å². The van der Waals surface area contributed by atoms with Gasteiger partial charge in [0.15, 0.2) is 5.78 Å². The fraction of sp³-hybridized carbons (Fsp3) is 0.182. The van der Waals surface area contributed by atoms with Crippen molar-refractivity contribution in [3.63, 3.8) is 0 Å². The number of Topliss-reactive ketones (excluding diaryl/α,β-unsaturated/α-hetero) is 1. The highest BCUT2D eigenvalue weighted by atomic mass is 79.9. The summed E-state index contributed by atoms with van der Waals surface area (Å²) in [7, 11) is 0. The fourth-order valence-corrected chi connectivity index (χ4v) is 2.02. The summed E-state index contributed by atoms with van der Waals surface area (Å²) in [5.74, 6) is 0.0785. The Kier molecular flexibility index (Phi) is 2.19. The number of hydrogen-bond acceptors (Lipinski definition) is 1. The maximum atomic E-state index is 11.3. The summed E-state index contributed by atoms with van der Waals surface area (Å²) in [6, 6.07) is 5.97. The van der Waals surface area contributed by atoms with Crippen molar-refractivity contribution < 1.29 is 4.79 Å². The Balaban J connectivity index is 2.79. The van der Waals surface area contributed by atoms with Gasteiger partial charge in [-0.05, 0) is 24.6 Å². The number of rotatable bonds is 1. The van der Waals surface area contributed by atoms with Crippen LogP contribution in [0.2, 0.25) is 0 Å². The van der Waals surface area contributed by atoms with E-state index in [0.717, 1.165) is 20.9 Å². The Labute approximate surface area is 90.4 Å². The molecule has 2 nitrogen and oxygen atoms in total. The molecule has 0 amide bonds. The molecule has 2 aromatic rings. The monoisotopic (exact) mass is 251 g/mol. The van der Waals surface area contributed by atoms with Crippen molar-refractivity contribution in [1.82, 2.24) is 4.98 Å². The summed E-state index contributed by atoms with van der Waals surface area (Å²) in [5, 5.41) is 1.11. The van der Waals surface area contributed by atoms with E-state index in [1.165, 1.54) is 0 Å². The second-order valence-electron chi connectivity index (χ2n) is 3.37. The van der Waals surface area contributed by atoms with Gasteiger partial charge in [-0.3, -0.25) is 4.79 Å². The molecule has 3 heteroatoms. The van der Waals surface area contributed by atoms with Crippen LogP contribution in [0.25, 0.3) is 10.9 Å². The number of aromatic nitrogens is 1. The number of carbonyl (C=O) groups is 1. The van der Waals surface area contributed by atoms with Crippen LogP contribution in [0, 0.1) is 6.92 Å². The summed E-state index contributed by atoms with van der Waals surface area (Å²) < 4.78 is 1.02. The van der Waals surface area contributed by atoms with Crippen molar-refractivity contribution in [1.29, 1.82) is 0 Å². The van der Waals surface area contributed by atoms with Gasteiger partial charge in [-0.15, -0.1) is 0 Å². The van der Waals surface area contributed by atoms with Crippen LogP contribution >= 0.6 is 15.9 Å². The van der Waals surface area contributed by atoms with Crippen molar-refractivity contribution >= 4 is 32.6 Å². The fourth-order valence-electron chi connectivity index (χ4n) is 1.66. The highest BCUT2D eigenvalue weighted by Crippen LogP contribution is 2.24. The molecule has 0 saturated heterocycles. The highest BCUT2D eigenvalue weighted by molar-refractivity contribution is 9.10. The Hall–Kier alpha value is -1.09. The largest absolute Gasteiger partial charge is 0.352 e. The van der Waals surface area contributed by atoms with E-state index in [2.05, 4.69) is 20.9 Å². The lowest BCUT2D eigenvalue weighted by molar-refractivity contribution is 0.101. The van der Waals surface area contributed by atoms with E-state index < -0.39 is 0 Å². The van der Waals surface area contributed by atoms with E-state index in [9.17, 15) is 4.79 Å². The molecule has 0 aliphatic rings. The topological polar surface area (TPSA) is 32.9 Å². The first-order valence-electron chi connectivity index (χ1n) is 4.38. The lowest BCUT2D eigenvalue weighted by Crippen LogP contribution is -1.93. The molecule has 14 heavy (non-hydrogen) atoms. The summed E-state index contributed by atoms with van der Waals surface area (Å²) >= 11 is 3.40. The van der Waals surface area contributed by atoms with E-state index in [0.29, 0.717) is 5.69 Å². The number of fused-ring (bicyclic) bond motifs is 1. The molecule has 2 rings (SSSR count). The number of carbonyl (C=O) groups excluding carboxylic acids is 1. The molecule has 1 aromatic carbocycles. The molecule has 1 heterocycles. The van der Waals surface area contributed by atoms with Crippen LogP contribution in [-0.2, 0) is 0 Å². The molecule has 0 saturated carbocycles. The molecule has 0 bridgehead atoms. The molecule has 1 aromatic heterocycles. The number of nitrogens with one attached hydrogen (secondary N) is 1. The first-order chi connectivity index (χ1) is 6.59. The third kappa shape index (κ3) is 1.38. The van der Waals surface area contributed by atoms with Crippen LogP contribution in [0.1, 0.15) is 23.0 Å². The van der Waals surface area contributed by atoms with Gasteiger partial charge in [0.1, 0.15) is 0 Å². The number of aromatic amines is 1. The zero-order valence-corrected chi connectivity index (χ0v) is 9.60. The lowest BCUT2D eigenvalue weighted by Gasteiger charge is -1.92. The third-order valence-corrected chi connectivity index (χ3v) is 2.87. The molecular weight excluding hydrogens is 242 g/mol. The van der Waals surface area contributed by atoms with E-state index in [4.69, 9.17) is 0 Å². The van der Waals surface area contributed by atoms with E-state index in [1.54, 1.807) is 6.92 Å². The average molecular weight is 252 g/mol. The van der Waals surface area contributed by atoms with Crippen molar-refractivity contribution in [2.75, 3.05) is 0 Å². The van der Waals surface area contributed by atoms with Gasteiger partial charge in [0.05, 0.1) is 5.69 Å². The van der Waals surface area contributed by atoms with Crippen LogP contribution in [0.3, 0.4) is 0 Å². The Morgan fingerprint density at radius 2 is 2.14 bits per heavy atom. The minimum absolute atomic E-state index is 0.0785. The third-order valence-electron chi connectivity index (χ3n) is 2.37. The number of benzene rings is 1. The van der Waals surface area contributed by atoms with Gasteiger partial charge in [-0.2, -0.15) is 0 Å². The predicted molar refractivity (Wildman–Crippen MR) is 60.7 cm³/mol. The standard InChI is InChI=1S/C11H10BrNO/c1-6-9-4-3-8(12)5-10(9)13-11(6)7(2)14/h3-5,13H,1-2H3. The van der Waals surface area contributed by atoms with E-state index in [-0.39, 0.29) is 5.78 Å². The summed E-state index contributed by atoms with van der Waals surface area (Å²) in [5.41, 5.74) is 2.74. The maximum Gasteiger partial charge on any atom is 0.176 e. The van der Waals surface area contributed by atoms with Gasteiger partial charge in [0.25, 0.3) is 0 Å². The van der Waals surface area contributed by atoms with Crippen molar-refractivity contribution in [2.45, 2.75) is 13.8 Å². The molecule has 0 unspecified atom stereocenters. The van der Waals surface area contributed by atoms with Crippen molar-refractivity contribution in [2.24, 2.45) is 0 Å². The zero-order chi connectivity index (χ0) is 10.3. The Morgan fingerprint density at radius 1 is 1.43 bits per heavy atom. The predicted octanol–water partition coefficient (Wildman–Crippen LogP) is 3.44. The summed E-state index contributed by atoms with van der Waals surface area (Å²) in [6.45, 7) is 3.54. The van der Waals surface area contributed by atoms with Crippen LogP contribution in [-0.4, -0.2) is 10.8 Å². The van der Waals surface area contributed by atoms with Crippen molar-refractivity contribution in [3.05, 3.63) is 33.9 Å². The Bertz CT molecular complexity index is 513. The molecule has 0 radical (unpaired) electrons. The SMILES string of the molecule is CC(=O)c1[nH]c2cc(Br)ccc2c1C. The van der Waals surface area contributed by atoms with Gasteiger partial charge in [-0.25, -0.2) is 0 Å². The molecule has 0 spiro atoms. The molecule has 0 atom stereocenters. The van der Waals surface area contributed by atoms with Gasteiger partial charge in [0.2, 0.25) is 0 Å². The number of aryl methyl sites for hydroxylation is 1. The van der Waals surface area contributed by atoms with E-state index in [1.807, 2.05) is 25.1 Å². The summed E-state index contributed by atoms with van der Waals surface area (Å²) in [4.78, 5) is 14.4. The second kappa shape index (κ2) is 3.24. The average Bonchev–Trinajstić information content (AvgIpc) is 2.43. The van der Waals surface area contributed by atoms with Gasteiger partial charge < -0.3 is 4.98 Å². The van der Waals surface area contributed by atoms with Gasteiger partial charge in [0, 0.05) is 22.3 Å². The molecule has 72 valence electrons. The molecular formula is C11H10BrNO. The molecule has 0 aliphatic heterocycles. The quantitative estimate of drug-likeness (QED) is 0.775. The second-order valence-corrected chi connectivity index (χ2v) is 4.29. The van der Waals surface area contributed by atoms with Gasteiger partial charge >= 0.3 is 0 Å². The maximum absolute atomic E-state index is 11.3. The molecule has 1 N–H and O–H groups in total. The van der Waals surface area contributed by atoms with Crippen LogP contribution in [0.4, 0.5) is 0 Å². The van der Waals surface area contributed by atoms with Crippen LogP contribution < -0.4 is 0 Å². The Morgan fingerprint density at radius 3 is 2.79 bits per heavy atom. The number of hydrogen-bond donors (Lipinski definition) is 1. The number of ketones is 1. The lowest BCUT2D eigenvalue weighted by atomic mass is 10.1. The molecule has 0 aliphatic carbocycles. The number of H-pyrrole nitrogens is 1. The zero-order valence-electron chi connectivity index (χ0n) is 8.02.